The summed E-state index contributed by atoms with van der Waals surface area (Å²) in [6, 6.07) is 17.1. The molecule has 7 heteroatoms. The number of hydrogen-bond acceptors (Lipinski definition) is 7. The van der Waals surface area contributed by atoms with Crippen LogP contribution in [0, 0.1) is 11.3 Å². The van der Waals surface area contributed by atoms with Gasteiger partial charge in [-0.2, -0.15) is 5.26 Å². The van der Waals surface area contributed by atoms with Crippen LogP contribution >= 0.6 is 0 Å². The van der Waals surface area contributed by atoms with Crippen molar-refractivity contribution in [3.05, 3.63) is 71.6 Å². The average molecular weight is 416 g/mol. The molecule has 0 aliphatic carbocycles. The van der Waals surface area contributed by atoms with Gasteiger partial charge in [0.15, 0.2) is 0 Å². The molecule has 2 heterocycles. The summed E-state index contributed by atoms with van der Waals surface area (Å²) in [6.45, 7) is 4.33. The molecule has 0 unspecified atom stereocenters. The molecule has 0 atom stereocenters. The second-order valence-corrected chi connectivity index (χ2v) is 7.46. The maximum absolute atomic E-state index is 11.6. The third-order valence-electron chi connectivity index (χ3n) is 5.44. The summed E-state index contributed by atoms with van der Waals surface area (Å²) < 4.78 is 10.4. The minimum atomic E-state index is -0.368. The number of ether oxygens (including phenoxy) is 1. The molecule has 158 valence electrons. The van der Waals surface area contributed by atoms with Crippen LogP contribution in [-0.4, -0.2) is 49.1 Å². The molecule has 0 saturated carbocycles. The van der Waals surface area contributed by atoms with Gasteiger partial charge in [0.2, 0.25) is 5.89 Å². The maximum Gasteiger partial charge on any atom is 0.337 e. The fourth-order valence-electron chi connectivity index (χ4n) is 3.82. The molecular formula is C24H24N4O3. The summed E-state index contributed by atoms with van der Waals surface area (Å²) in [5, 5.41) is 9.39. The van der Waals surface area contributed by atoms with Gasteiger partial charge in [-0.05, 0) is 42.8 Å². The van der Waals surface area contributed by atoms with Gasteiger partial charge in [-0.1, -0.05) is 12.1 Å². The summed E-state index contributed by atoms with van der Waals surface area (Å²) in [4.78, 5) is 20.8. The van der Waals surface area contributed by atoms with Crippen LogP contribution in [0.5, 0.6) is 0 Å². The van der Waals surface area contributed by atoms with Gasteiger partial charge in [0, 0.05) is 38.3 Å². The number of aromatic nitrogens is 1. The maximum atomic E-state index is 11.6. The first-order chi connectivity index (χ1) is 15.2. The fraction of sp³-hybridized carbons (Fsp3) is 0.292. The predicted octanol–water partition coefficient (Wildman–Crippen LogP) is 3.71. The summed E-state index contributed by atoms with van der Waals surface area (Å²) in [5.41, 5.74) is 3.90. The van der Waals surface area contributed by atoms with Crippen LogP contribution in [0.1, 0.15) is 28.0 Å². The third kappa shape index (κ3) is 4.76. The van der Waals surface area contributed by atoms with E-state index >= 15 is 0 Å². The van der Waals surface area contributed by atoms with E-state index in [1.165, 1.54) is 7.11 Å². The van der Waals surface area contributed by atoms with Crippen molar-refractivity contribution in [2.45, 2.75) is 13.0 Å². The predicted molar refractivity (Wildman–Crippen MR) is 117 cm³/mol. The van der Waals surface area contributed by atoms with Gasteiger partial charge in [-0.15, -0.1) is 0 Å². The number of anilines is 1. The Kier molecular flexibility index (Phi) is 6.29. The van der Waals surface area contributed by atoms with Crippen molar-refractivity contribution in [2.75, 3.05) is 38.2 Å². The summed E-state index contributed by atoms with van der Waals surface area (Å²) in [6.07, 6.45) is 2.71. The average Bonchev–Trinajstić information content (AvgIpc) is 3.16. The van der Waals surface area contributed by atoms with Crippen LogP contribution in [0.15, 0.2) is 59.2 Å². The number of rotatable bonds is 5. The molecule has 1 aliphatic rings. The number of esters is 1. The number of hydrogen-bond donors (Lipinski definition) is 0. The zero-order valence-electron chi connectivity index (χ0n) is 17.5. The van der Waals surface area contributed by atoms with Crippen molar-refractivity contribution in [1.29, 1.82) is 5.26 Å². The van der Waals surface area contributed by atoms with E-state index in [1.807, 2.05) is 24.3 Å². The van der Waals surface area contributed by atoms with Gasteiger partial charge in [-0.3, -0.25) is 4.90 Å². The third-order valence-corrected chi connectivity index (χ3v) is 5.44. The zero-order valence-corrected chi connectivity index (χ0v) is 17.5. The number of methoxy groups -OCH3 is 1. The molecule has 2 aromatic carbocycles. The standard InChI is InChI=1S/C24H24N4O3/c1-30-24(29)19-9-7-18(8-10-19)23-26-21(17-31-23)16-27-11-4-12-28(14-13-27)22-6-3-2-5-20(22)15-25/h2-3,5-10,17H,4,11-14,16H2,1H3. The van der Waals surface area contributed by atoms with Crippen LogP contribution in [0.3, 0.4) is 0 Å². The molecule has 3 aromatic rings. The van der Waals surface area contributed by atoms with E-state index in [1.54, 1.807) is 30.5 Å². The molecule has 0 amide bonds. The molecule has 1 fully saturated rings. The number of oxazole rings is 1. The molecule has 0 N–H and O–H groups in total. The molecular weight excluding hydrogens is 392 g/mol. The molecule has 7 nitrogen and oxygen atoms in total. The minimum Gasteiger partial charge on any atom is -0.465 e. The lowest BCUT2D eigenvalue weighted by Gasteiger charge is -2.24. The normalized spacial score (nSPS) is 14.6. The highest BCUT2D eigenvalue weighted by Gasteiger charge is 2.19. The lowest BCUT2D eigenvalue weighted by molar-refractivity contribution is 0.0600. The minimum absolute atomic E-state index is 0.368. The van der Waals surface area contributed by atoms with Gasteiger partial charge in [0.25, 0.3) is 0 Å². The van der Waals surface area contributed by atoms with E-state index in [0.29, 0.717) is 18.0 Å². The van der Waals surface area contributed by atoms with Crippen LogP contribution in [0.2, 0.25) is 0 Å². The second-order valence-electron chi connectivity index (χ2n) is 7.46. The SMILES string of the molecule is COC(=O)c1ccc(-c2nc(CN3CCCN(c4ccccc4C#N)CC3)co2)cc1. The Morgan fingerprint density at radius 1 is 1.13 bits per heavy atom. The van der Waals surface area contributed by atoms with Gasteiger partial charge >= 0.3 is 5.97 Å². The topological polar surface area (TPSA) is 82.6 Å². The van der Waals surface area contributed by atoms with E-state index < -0.39 is 0 Å². The second kappa shape index (κ2) is 9.45. The van der Waals surface area contributed by atoms with E-state index in [-0.39, 0.29) is 5.97 Å². The first-order valence-corrected chi connectivity index (χ1v) is 10.3. The number of nitriles is 1. The van der Waals surface area contributed by atoms with E-state index in [9.17, 15) is 10.1 Å². The van der Waals surface area contributed by atoms with Crippen molar-refractivity contribution in [2.24, 2.45) is 0 Å². The highest BCUT2D eigenvalue weighted by molar-refractivity contribution is 5.89. The molecule has 0 radical (unpaired) electrons. The smallest absolute Gasteiger partial charge is 0.337 e. The van der Waals surface area contributed by atoms with Crippen molar-refractivity contribution in [1.82, 2.24) is 9.88 Å². The van der Waals surface area contributed by atoms with E-state index in [4.69, 9.17) is 9.15 Å². The highest BCUT2D eigenvalue weighted by atomic mass is 16.5. The molecule has 1 aliphatic heterocycles. The van der Waals surface area contributed by atoms with Crippen LogP contribution in [0.25, 0.3) is 11.5 Å². The molecule has 1 aromatic heterocycles. The monoisotopic (exact) mass is 416 g/mol. The Balaban J connectivity index is 1.39. The van der Waals surface area contributed by atoms with Crippen LogP contribution < -0.4 is 4.90 Å². The first kappa shape index (κ1) is 20.6. The van der Waals surface area contributed by atoms with E-state index in [0.717, 1.165) is 55.1 Å². The number of carbonyl (C=O) groups excluding carboxylic acids is 1. The Hall–Kier alpha value is -3.63. The lowest BCUT2D eigenvalue weighted by Crippen LogP contribution is -2.30. The number of carbonyl (C=O) groups is 1. The summed E-state index contributed by atoms with van der Waals surface area (Å²) >= 11 is 0. The summed E-state index contributed by atoms with van der Waals surface area (Å²) in [7, 11) is 1.36. The van der Waals surface area contributed by atoms with Gasteiger partial charge in [-0.25, -0.2) is 9.78 Å². The number of para-hydroxylation sites is 1. The van der Waals surface area contributed by atoms with Crippen molar-refractivity contribution < 1.29 is 13.9 Å². The van der Waals surface area contributed by atoms with Crippen molar-refractivity contribution in [3.8, 4) is 17.5 Å². The van der Waals surface area contributed by atoms with E-state index in [2.05, 4.69) is 20.9 Å². The quantitative estimate of drug-likeness (QED) is 0.586. The molecule has 0 spiro atoms. The Labute approximate surface area is 181 Å². The Morgan fingerprint density at radius 3 is 2.71 bits per heavy atom. The van der Waals surface area contributed by atoms with Gasteiger partial charge in [0.1, 0.15) is 12.3 Å². The summed E-state index contributed by atoms with van der Waals surface area (Å²) in [5.74, 6) is 0.165. The fourth-order valence-corrected chi connectivity index (χ4v) is 3.82. The van der Waals surface area contributed by atoms with Crippen molar-refractivity contribution >= 4 is 11.7 Å². The lowest BCUT2D eigenvalue weighted by atomic mass is 10.1. The van der Waals surface area contributed by atoms with Crippen molar-refractivity contribution in [3.63, 3.8) is 0 Å². The largest absolute Gasteiger partial charge is 0.465 e. The Morgan fingerprint density at radius 2 is 1.94 bits per heavy atom. The Bertz CT molecular complexity index is 1080. The number of benzene rings is 2. The molecule has 4 rings (SSSR count). The van der Waals surface area contributed by atoms with Crippen LogP contribution in [0.4, 0.5) is 5.69 Å². The molecule has 31 heavy (non-hydrogen) atoms. The van der Waals surface area contributed by atoms with Gasteiger partial charge < -0.3 is 14.1 Å². The van der Waals surface area contributed by atoms with Crippen LogP contribution in [-0.2, 0) is 11.3 Å². The van der Waals surface area contributed by atoms with Gasteiger partial charge in [0.05, 0.1) is 29.6 Å². The first-order valence-electron chi connectivity index (χ1n) is 10.3. The highest BCUT2D eigenvalue weighted by Crippen LogP contribution is 2.23. The number of nitrogens with zero attached hydrogens (tertiary/aromatic N) is 4. The molecule has 1 saturated heterocycles. The molecule has 0 bridgehead atoms. The zero-order chi connectivity index (χ0) is 21.6.